The maximum atomic E-state index is 13.1. The summed E-state index contributed by atoms with van der Waals surface area (Å²) in [6.45, 7) is 7.05. The zero-order valence-electron chi connectivity index (χ0n) is 18.0. The van der Waals surface area contributed by atoms with E-state index in [1.165, 1.54) is 5.56 Å². The van der Waals surface area contributed by atoms with Crippen molar-refractivity contribution in [2.45, 2.75) is 52.0 Å². The summed E-state index contributed by atoms with van der Waals surface area (Å²) in [4.78, 5) is 27.6. The highest BCUT2D eigenvalue weighted by Gasteiger charge is 2.28. The van der Waals surface area contributed by atoms with Gasteiger partial charge in [0.15, 0.2) is 0 Å². The summed E-state index contributed by atoms with van der Waals surface area (Å²) in [7, 11) is 0. The van der Waals surface area contributed by atoms with Gasteiger partial charge in [0.1, 0.15) is 6.04 Å². The van der Waals surface area contributed by atoms with Crippen LogP contribution in [0, 0.1) is 6.92 Å². The van der Waals surface area contributed by atoms with Crippen molar-refractivity contribution in [2.24, 2.45) is 0 Å². The lowest BCUT2D eigenvalue weighted by atomic mass is 10.1. The Morgan fingerprint density at radius 3 is 2.27 bits per heavy atom. The maximum absolute atomic E-state index is 13.1. The molecule has 0 radical (unpaired) electrons. The fourth-order valence-corrected chi connectivity index (χ4v) is 4.09. The lowest BCUT2D eigenvalue weighted by Crippen LogP contribution is -2.49. The van der Waals surface area contributed by atoms with E-state index in [0.29, 0.717) is 30.3 Å². The third-order valence-corrected chi connectivity index (χ3v) is 6.06. The molecule has 0 unspecified atom stereocenters. The normalized spacial score (nSPS) is 11.7. The SMILES string of the molecule is CCCNC(=O)[C@H](CC)N(Cc1ccc(C)cc1)C(=O)CSCc1ccc(Cl)cc1. The Labute approximate surface area is 189 Å². The van der Waals surface area contributed by atoms with Gasteiger partial charge in [0.25, 0.3) is 0 Å². The summed E-state index contributed by atoms with van der Waals surface area (Å²) in [5.74, 6) is 0.946. The molecule has 0 saturated carbocycles. The van der Waals surface area contributed by atoms with Crippen molar-refractivity contribution in [1.29, 1.82) is 0 Å². The Morgan fingerprint density at radius 2 is 1.67 bits per heavy atom. The Balaban J connectivity index is 2.09. The standard InChI is InChI=1S/C24H31ClN2O2S/c1-4-14-26-24(29)22(5-2)27(15-19-8-6-18(3)7-9-19)23(28)17-30-16-20-10-12-21(25)13-11-20/h6-13,22H,4-5,14-17H2,1-3H3,(H,26,29)/t22-/m0/s1. The predicted molar refractivity (Wildman–Crippen MR) is 127 cm³/mol. The van der Waals surface area contributed by atoms with Crippen molar-refractivity contribution >= 4 is 35.2 Å². The van der Waals surface area contributed by atoms with Crippen LogP contribution < -0.4 is 5.32 Å². The number of carbonyl (C=O) groups excluding carboxylic acids is 2. The molecular weight excluding hydrogens is 416 g/mol. The van der Waals surface area contributed by atoms with E-state index in [0.717, 1.165) is 23.3 Å². The molecule has 0 bridgehead atoms. The molecule has 30 heavy (non-hydrogen) atoms. The zero-order valence-corrected chi connectivity index (χ0v) is 19.6. The molecule has 2 aromatic rings. The highest BCUT2D eigenvalue weighted by atomic mass is 35.5. The van der Waals surface area contributed by atoms with Gasteiger partial charge in [-0.05, 0) is 43.0 Å². The minimum atomic E-state index is -0.471. The van der Waals surface area contributed by atoms with Gasteiger partial charge in [-0.3, -0.25) is 9.59 Å². The molecule has 2 aromatic carbocycles. The minimum absolute atomic E-state index is 0.0203. The van der Waals surface area contributed by atoms with Gasteiger partial charge in [-0.2, -0.15) is 0 Å². The first kappa shape index (κ1) is 24.3. The van der Waals surface area contributed by atoms with E-state index in [-0.39, 0.29) is 11.8 Å². The lowest BCUT2D eigenvalue weighted by Gasteiger charge is -2.30. The summed E-state index contributed by atoms with van der Waals surface area (Å²) >= 11 is 7.49. The van der Waals surface area contributed by atoms with E-state index in [1.807, 2.05) is 69.3 Å². The molecule has 2 rings (SSSR count). The van der Waals surface area contributed by atoms with Crippen molar-refractivity contribution in [3.63, 3.8) is 0 Å². The van der Waals surface area contributed by atoms with Gasteiger partial charge in [-0.15, -0.1) is 11.8 Å². The van der Waals surface area contributed by atoms with Crippen LogP contribution in [0.15, 0.2) is 48.5 Å². The number of hydrogen-bond acceptors (Lipinski definition) is 3. The summed E-state index contributed by atoms with van der Waals surface area (Å²) < 4.78 is 0. The van der Waals surface area contributed by atoms with Gasteiger partial charge in [-0.1, -0.05) is 67.4 Å². The van der Waals surface area contributed by atoms with E-state index in [1.54, 1.807) is 16.7 Å². The number of halogens is 1. The molecule has 0 fully saturated rings. The summed E-state index contributed by atoms with van der Waals surface area (Å²) in [6.07, 6.45) is 1.44. The molecule has 0 aliphatic carbocycles. The van der Waals surface area contributed by atoms with Gasteiger partial charge in [0.2, 0.25) is 11.8 Å². The third-order valence-electron chi connectivity index (χ3n) is 4.82. The number of hydrogen-bond donors (Lipinski definition) is 1. The van der Waals surface area contributed by atoms with Crippen LogP contribution in [0.3, 0.4) is 0 Å². The number of thioether (sulfide) groups is 1. The van der Waals surface area contributed by atoms with Crippen molar-refractivity contribution in [3.05, 3.63) is 70.2 Å². The second-order valence-corrected chi connectivity index (χ2v) is 8.76. The molecule has 1 atom stereocenters. The van der Waals surface area contributed by atoms with Crippen LogP contribution in [0.1, 0.15) is 43.4 Å². The molecular formula is C24H31ClN2O2S. The first-order valence-electron chi connectivity index (χ1n) is 10.4. The molecule has 0 aliphatic rings. The van der Waals surface area contributed by atoms with Gasteiger partial charge in [-0.25, -0.2) is 0 Å². The third kappa shape index (κ3) is 7.69. The fourth-order valence-electron chi connectivity index (χ4n) is 3.10. The second-order valence-electron chi connectivity index (χ2n) is 7.34. The molecule has 0 spiro atoms. The van der Waals surface area contributed by atoms with Gasteiger partial charge in [0.05, 0.1) is 5.75 Å². The largest absolute Gasteiger partial charge is 0.354 e. The van der Waals surface area contributed by atoms with Crippen molar-refractivity contribution in [2.75, 3.05) is 12.3 Å². The number of nitrogens with one attached hydrogen (secondary N) is 1. The van der Waals surface area contributed by atoms with E-state index in [2.05, 4.69) is 5.32 Å². The van der Waals surface area contributed by atoms with Gasteiger partial charge < -0.3 is 10.2 Å². The van der Waals surface area contributed by atoms with Gasteiger partial charge >= 0.3 is 0 Å². The molecule has 0 saturated heterocycles. The van der Waals surface area contributed by atoms with Crippen LogP contribution >= 0.6 is 23.4 Å². The Bertz CT molecular complexity index is 809. The Hall–Kier alpha value is -1.98. The van der Waals surface area contributed by atoms with Crippen LogP contribution in [-0.2, 0) is 21.9 Å². The van der Waals surface area contributed by atoms with Crippen LogP contribution in [-0.4, -0.2) is 35.1 Å². The molecule has 1 N–H and O–H groups in total. The molecule has 0 heterocycles. The van der Waals surface area contributed by atoms with Crippen molar-refractivity contribution in [1.82, 2.24) is 10.2 Å². The lowest BCUT2D eigenvalue weighted by molar-refractivity contribution is -0.139. The monoisotopic (exact) mass is 446 g/mol. The smallest absolute Gasteiger partial charge is 0.242 e. The number of rotatable bonds is 11. The zero-order chi connectivity index (χ0) is 21.9. The molecule has 162 valence electrons. The summed E-state index contributed by atoms with van der Waals surface area (Å²) in [5, 5.41) is 3.65. The topological polar surface area (TPSA) is 49.4 Å². The number of nitrogens with zero attached hydrogens (tertiary/aromatic N) is 1. The molecule has 0 aromatic heterocycles. The first-order chi connectivity index (χ1) is 14.4. The number of benzene rings is 2. The molecule has 4 nitrogen and oxygen atoms in total. The fraction of sp³-hybridized carbons (Fsp3) is 0.417. The first-order valence-corrected chi connectivity index (χ1v) is 11.9. The van der Waals surface area contributed by atoms with Crippen LogP contribution in [0.4, 0.5) is 0 Å². The maximum Gasteiger partial charge on any atom is 0.242 e. The quantitative estimate of drug-likeness (QED) is 0.515. The average Bonchev–Trinajstić information content (AvgIpc) is 2.74. The predicted octanol–water partition coefficient (Wildman–Crippen LogP) is 5.22. The van der Waals surface area contributed by atoms with Crippen LogP contribution in [0.5, 0.6) is 0 Å². The Kier molecular flexibility index (Phi) is 10.2. The molecule has 2 amide bonds. The van der Waals surface area contributed by atoms with E-state index >= 15 is 0 Å². The molecule has 6 heteroatoms. The number of aryl methyl sites for hydroxylation is 1. The Morgan fingerprint density at radius 1 is 1.03 bits per heavy atom. The molecule has 0 aliphatic heterocycles. The number of carbonyl (C=O) groups is 2. The van der Waals surface area contributed by atoms with E-state index in [4.69, 9.17) is 11.6 Å². The van der Waals surface area contributed by atoms with Crippen LogP contribution in [0.25, 0.3) is 0 Å². The van der Waals surface area contributed by atoms with Crippen LogP contribution in [0.2, 0.25) is 5.02 Å². The average molecular weight is 447 g/mol. The van der Waals surface area contributed by atoms with E-state index in [9.17, 15) is 9.59 Å². The summed E-state index contributed by atoms with van der Waals surface area (Å²) in [6, 6.07) is 15.3. The van der Waals surface area contributed by atoms with E-state index < -0.39 is 6.04 Å². The number of amides is 2. The second kappa shape index (κ2) is 12.7. The highest BCUT2D eigenvalue weighted by molar-refractivity contribution is 7.99. The summed E-state index contributed by atoms with van der Waals surface area (Å²) in [5.41, 5.74) is 3.32. The highest BCUT2D eigenvalue weighted by Crippen LogP contribution is 2.19. The van der Waals surface area contributed by atoms with Crippen molar-refractivity contribution in [3.8, 4) is 0 Å². The van der Waals surface area contributed by atoms with Gasteiger partial charge in [0, 0.05) is 23.9 Å². The minimum Gasteiger partial charge on any atom is -0.354 e. The van der Waals surface area contributed by atoms with Crippen molar-refractivity contribution < 1.29 is 9.59 Å².